The Morgan fingerprint density at radius 2 is 1.88 bits per heavy atom. The van der Waals surface area contributed by atoms with Crippen LogP contribution in [0.3, 0.4) is 0 Å². The van der Waals surface area contributed by atoms with Crippen LogP contribution >= 0.6 is 46.1 Å². The van der Waals surface area contributed by atoms with E-state index in [-0.39, 0.29) is 23.1 Å². The first-order valence-corrected chi connectivity index (χ1v) is 10.5. The molecule has 0 saturated heterocycles. The van der Waals surface area contributed by atoms with Crippen LogP contribution in [0.4, 0.5) is 5.13 Å². The van der Waals surface area contributed by atoms with Crippen molar-refractivity contribution < 1.29 is 13.2 Å². The van der Waals surface area contributed by atoms with Crippen molar-refractivity contribution in [1.29, 1.82) is 0 Å². The maximum absolute atomic E-state index is 12.8. The lowest BCUT2D eigenvalue weighted by Crippen LogP contribution is -2.31. The van der Waals surface area contributed by atoms with E-state index in [4.69, 9.17) is 34.8 Å². The van der Waals surface area contributed by atoms with Gasteiger partial charge < -0.3 is 0 Å². The molecule has 1 aromatic carbocycles. The summed E-state index contributed by atoms with van der Waals surface area (Å²) in [5.74, 6) is -0.849. The third kappa shape index (κ3) is 4.76. The lowest BCUT2D eigenvalue weighted by molar-refractivity contribution is -0.115. The zero-order chi connectivity index (χ0) is 19.5. The average Bonchev–Trinajstić information content (AvgIpc) is 2.95. The highest BCUT2D eigenvalue weighted by Gasteiger charge is 2.31. The first-order valence-electron chi connectivity index (χ1n) is 7.10. The summed E-state index contributed by atoms with van der Waals surface area (Å²) in [6, 6.07) is 4.47. The summed E-state index contributed by atoms with van der Waals surface area (Å²) in [6.45, 7) is 7.44. The van der Waals surface area contributed by atoms with E-state index in [0.717, 1.165) is 11.3 Å². The number of aromatic nitrogens is 1. The van der Waals surface area contributed by atoms with E-state index in [9.17, 15) is 13.2 Å². The van der Waals surface area contributed by atoms with Crippen molar-refractivity contribution in [2.75, 3.05) is 18.4 Å². The topological polar surface area (TPSA) is 79.4 Å². The highest BCUT2D eigenvalue weighted by molar-refractivity contribution is 7.89. The van der Waals surface area contributed by atoms with Gasteiger partial charge in [0.25, 0.3) is 9.70 Å². The van der Waals surface area contributed by atoms with Crippen LogP contribution in [0.2, 0.25) is 0 Å². The number of nitrogens with zero attached hydrogens (tertiary/aromatic N) is 2. The number of carbonyl (C=O) groups is 1. The van der Waals surface area contributed by atoms with E-state index in [2.05, 4.69) is 23.5 Å². The molecule has 26 heavy (non-hydrogen) atoms. The van der Waals surface area contributed by atoms with E-state index in [1.54, 1.807) is 6.07 Å². The summed E-state index contributed by atoms with van der Waals surface area (Å²) in [6.07, 6.45) is 2.99. The highest BCUT2D eigenvalue weighted by atomic mass is 35.6. The number of hydrogen-bond donors (Lipinski definition) is 1. The quantitative estimate of drug-likeness (QED) is 0.507. The second-order valence-corrected chi connectivity index (χ2v) is 10.2. The standard InChI is InChI=1S/C15H14Cl3N3O3S2/c1-3-7-21(8-4-2)26(23,24)10-5-6-11-12(9-10)25-14(19-11)20-13(22)15(16,17)18/h3-6,9H,1-2,7-8H2,(H,19,20,22). The predicted molar refractivity (Wildman–Crippen MR) is 108 cm³/mol. The van der Waals surface area contributed by atoms with E-state index < -0.39 is 19.7 Å². The molecule has 2 aromatic rings. The normalized spacial score (nSPS) is 12.3. The second kappa shape index (κ2) is 8.24. The van der Waals surface area contributed by atoms with Gasteiger partial charge in [-0.3, -0.25) is 10.1 Å². The molecule has 0 fully saturated rings. The number of hydrogen-bond acceptors (Lipinski definition) is 5. The van der Waals surface area contributed by atoms with Crippen LogP contribution < -0.4 is 5.32 Å². The number of carbonyl (C=O) groups excluding carboxylic acids is 1. The summed E-state index contributed by atoms with van der Waals surface area (Å²) in [4.78, 5) is 16.0. The molecule has 0 aliphatic rings. The van der Waals surface area contributed by atoms with Crippen LogP contribution in [0.15, 0.2) is 48.4 Å². The summed E-state index contributed by atoms with van der Waals surface area (Å²) in [7, 11) is -3.73. The Hall–Kier alpha value is -1.16. The molecule has 0 aliphatic heterocycles. The van der Waals surface area contributed by atoms with E-state index >= 15 is 0 Å². The Morgan fingerprint density at radius 1 is 1.27 bits per heavy atom. The molecule has 140 valence electrons. The van der Waals surface area contributed by atoms with Gasteiger partial charge in [0, 0.05) is 13.1 Å². The molecule has 11 heteroatoms. The summed E-state index contributed by atoms with van der Waals surface area (Å²) >= 11 is 17.6. The van der Waals surface area contributed by atoms with Crippen LogP contribution in [-0.4, -0.2) is 40.5 Å². The van der Waals surface area contributed by atoms with Crippen molar-refractivity contribution >= 4 is 77.4 Å². The van der Waals surface area contributed by atoms with Crippen LogP contribution in [0.25, 0.3) is 10.2 Å². The Balaban J connectivity index is 2.38. The number of anilines is 1. The maximum atomic E-state index is 12.8. The third-order valence-electron chi connectivity index (χ3n) is 3.14. The fraction of sp³-hybridized carbons (Fsp3) is 0.200. The number of thiazole rings is 1. The van der Waals surface area contributed by atoms with Crippen LogP contribution in [0, 0.1) is 0 Å². The smallest absolute Gasteiger partial charge is 0.278 e. The number of halogens is 3. The monoisotopic (exact) mass is 453 g/mol. The number of fused-ring (bicyclic) bond motifs is 1. The molecule has 1 heterocycles. The van der Waals surface area contributed by atoms with E-state index in [0.29, 0.717) is 10.2 Å². The number of rotatable bonds is 7. The molecule has 0 aliphatic carbocycles. The Morgan fingerprint density at radius 3 is 2.42 bits per heavy atom. The molecular weight excluding hydrogens is 441 g/mol. The Bertz CT molecular complexity index is 942. The summed E-state index contributed by atoms with van der Waals surface area (Å²) < 4.78 is 25.2. The maximum Gasteiger partial charge on any atom is 0.278 e. The van der Waals surface area contributed by atoms with Gasteiger partial charge in [-0.15, -0.1) is 13.2 Å². The van der Waals surface area contributed by atoms with E-state index in [1.165, 1.54) is 28.6 Å². The van der Waals surface area contributed by atoms with Gasteiger partial charge in [0.1, 0.15) is 0 Å². The molecule has 1 aromatic heterocycles. The van der Waals surface area contributed by atoms with Gasteiger partial charge >= 0.3 is 0 Å². The summed E-state index contributed by atoms with van der Waals surface area (Å²) in [5, 5.41) is 2.57. The molecule has 1 N–H and O–H groups in total. The van der Waals surface area contributed by atoms with Crippen molar-refractivity contribution in [3.63, 3.8) is 0 Å². The highest BCUT2D eigenvalue weighted by Crippen LogP contribution is 2.32. The SMILES string of the molecule is C=CCN(CC=C)S(=O)(=O)c1ccc2nc(NC(=O)C(Cl)(Cl)Cl)sc2c1. The van der Waals surface area contributed by atoms with Crippen molar-refractivity contribution in [3.8, 4) is 0 Å². The van der Waals surface area contributed by atoms with Crippen LogP contribution in [0.1, 0.15) is 0 Å². The predicted octanol–water partition coefficient (Wildman–Crippen LogP) is 3.97. The fourth-order valence-corrected chi connectivity index (χ4v) is 4.52. The molecule has 2 rings (SSSR count). The lowest BCUT2D eigenvalue weighted by Gasteiger charge is -2.18. The Kier molecular flexibility index (Phi) is 6.70. The minimum atomic E-state index is -3.73. The average molecular weight is 455 g/mol. The first-order chi connectivity index (χ1) is 12.1. The third-order valence-corrected chi connectivity index (χ3v) is 6.42. The molecule has 6 nitrogen and oxygen atoms in total. The molecular formula is C15H14Cl3N3O3S2. The second-order valence-electron chi connectivity index (χ2n) is 5.00. The van der Waals surface area contributed by atoms with Gasteiger partial charge in [-0.25, -0.2) is 13.4 Å². The number of benzene rings is 1. The fourth-order valence-electron chi connectivity index (χ4n) is 1.99. The minimum Gasteiger partial charge on any atom is -0.298 e. The molecule has 0 saturated carbocycles. The van der Waals surface area contributed by atoms with Gasteiger partial charge in [-0.1, -0.05) is 58.3 Å². The number of amides is 1. The van der Waals surface area contributed by atoms with Gasteiger partial charge in [-0.05, 0) is 18.2 Å². The molecule has 0 unspecified atom stereocenters. The molecule has 0 atom stereocenters. The number of nitrogens with one attached hydrogen (secondary N) is 1. The van der Waals surface area contributed by atoms with Crippen molar-refractivity contribution in [2.24, 2.45) is 0 Å². The number of alkyl halides is 3. The summed E-state index contributed by atoms with van der Waals surface area (Å²) in [5.41, 5.74) is 0.507. The molecule has 1 amide bonds. The largest absolute Gasteiger partial charge is 0.298 e. The van der Waals surface area contributed by atoms with Gasteiger partial charge in [0.2, 0.25) is 10.0 Å². The molecule has 0 spiro atoms. The number of sulfonamides is 1. The molecule has 0 radical (unpaired) electrons. The van der Waals surface area contributed by atoms with Crippen molar-refractivity contribution in [2.45, 2.75) is 8.69 Å². The van der Waals surface area contributed by atoms with Gasteiger partial charge in [0.05, 0.1) is 15.1 Å². The minimum absolute atomic E-state index is 0.0941. The van der Waals surface area contributed by atoms with Gasteiger partial charge in [-0.2, -0.15) is 4.31 Å². The zero-order valence-electron chi connectivity index (χ0n) is 13.3. The first kappa shape index (κ1) is 21.1. The van der Waals surface area contributed by atoms with Crippen LogP contribution in [0.5, 0.6) is 0 Å². The Labute approximate surface area is 170 Å². The van der Waals surface area contributed by atoms with Gasteiger partial charge in [0.15, 0.2) is 5.13 Å². The zero-order valence-corrected chi connectivity index (χ0v) is 17.2. The van der Waals surface area contributed by atoms with E-state index in [1.807, 2.05) is 0 Å². The lowest BCUT2D eigenvalue weighted by atomic mass is 10.3. The molecule has 0 bridgehead atoms. The van der Waals surface area contributed by atoms with Crippen LogP contribution in [-0.2, 0) is 14.8 Å². The van der Waals surface area contributed by atoms with Crippen molar-refractivity contribution in [3.05, 3.63) is 43.5 Å². The van der Waals surface area contributed by atoms with Crippen molar-refractivity contribution in [1.82, 2.24) is 9.29 Å².